The Kier molecular flexibility index (Phi) is 5.73. The van der Waals surface area contributed by atoms with E-state index in [1.165, 1.54) is 0 Å². The molecule has 4 heteroatoms. The van der Waals surface area contributed by atoms with Crippen LogP contribution in [-0.4, -0.2) is 11.4 Å². The van der Waals surface area contributed by atoms with Gasteiger partial charge in [0.25, 0.3) is 0 Å². The zero-order valence-corrected chi connectivity index (χ0v) is 2.65. The fourth-order valence-electron chi connectivity index (χ4n) is 0. The first kappa shape index (κ1) is 8.87. The Morgan fingerprint density at radius 2 is 1.40 bits per heavy atom. The summed E-state index contributed by atoms with van der Waals surface area (Å²) in [7, 11) is 0. The molecule has 0 radical (unpaired) electrons. The van der Waals surface area contributed by atoms with Crippen molar-refractivity contribution in [1.29, 1.82) is 5.41 Å². The molecule has 0 rings (SSSR count). The van der Waals surface area contributed by atoms with Gasteiger partial charge in [-0.2, -0.15) is 0 Å². The van der Waals surface area contributed by atoms with E-state index in [0.717, 1.165) is 0 Å². The highest BCUT2D eigenvalue weighted by Gasteiger charge is 1.52. The molecule has 0 spiro atoms. The van der Waals surface area contributed by atoms with Crippen molar-refractivity contribution >= 4 is 5.96 Å². The zero-order valence-electron chi connectivity index (χ0n) is 2.65. The van der Waals surface area contributed by atoms with Crippen molar-refractivity contribution in [2.75, 3.05) is 0 Å². The van der Waals surface area contributed by atoms with Crippen LogP contribution in [0.3, 0.4) is 0 Å². The Labute approximate surface area is 29.6 Å². The average molecular weight is 77.1 g/mol. The van der Waals surface area contributed by atoms with E-state index >= 15 is 0 Å². The summed E-state index contributed by atoms with van der Waals surface area (Å²) in [5, 5.41) is 6.06. The van der Waals surface area contributed by atoms with Gasteiger partial charge < -0.3 is 16.9 Å². The fraction of sp³-hybridized carbons (Fsp3) is 0. The molecule has 5 heavy (non-hydrogen) atoms. The van der Waals surface area contributed by atoms with E-state index in [4.69, 9.17) is 5.41 Å². The highest BCUT2D eigenvalue weighted by molar-refractivity contribution is 5.71. The predicted octanol–water partition coefficient (Wildman–Crippen LogP) is -1.99. The van der Waals surface area contributed by atoms with Gasteiger partial charge in [0.2, 0.25) is 0 Å². The fourth-order valence-corrected chi connectivity index (χ4v) is 0. The third kappa shape index (κ3) is 8.24. The van der Waals surface area contributed by atoms with Crippen LogP contribution in [0.25, 0.3) is 0 Å². The highest BCUT2D eigenvalue weighted by Crippen LogP contribution is 1.13. The minimum absolute atomic E-state index is 0. The van der Waals surface area contributed by atoms with E-state index in [2.05, 4.69) is 11.5 Å². The van der Waals surface area contributed by atoms with Gasteiger partial charge in [-0.15, -0.1) is 0 Å². The highest BCUT2D eigenvalue weighted by atomic mass is 16.0. The van der Waals surface area contributed by atoms with Crippen molar-refractivity contribution in [2.45, 2.75) is 0 Å². The molecule has 7 N–H and O–H groups in total. The van der Waals surface area contributed by atoms with Crippen LogP contribution in [0.15, 0.2) is 0 Å². The SMILES string of the molecule is N=C(N)N.O. The van der Waals surface area contributed by atoms with Gasteiger partial charge in [0.05, 0.1) is 0 Å². The van der Waals surface area contributed by atoms with Crippen molar-refractivity contribution < 1.29 is 5.48 Å². The first-order valence-electron chi connectivity index (χ1n) is 0.827. The quantitative estimate of drug-likeness (QED) is 0.230. The molecule has 0 heterocycles. The first-order chi connectivity index (χ1) is 1.73. The molecule has 32 valence electrons. The first-order valence-corrected chi connectivity index (χ1v) is 0.827. The van der Waals surface area contributed by atoms with Crippen molar-refractivity contribution in [2.24, 2.45) is 11.5 Å². The van der Waals surface area contributed by atoms with Crippen LogP contribution in [-0.2, 0) is 0 Å². The lowest BCUT2D eigenvalue weighted by Gasteiger charge is -1.69. The molecule has 0 saturated carbocycles. The number of nitrogens with two attached hydrogens (primary N) is 2. The van der Waals surface area contributed by atoms with Gasteiger partial charge in [-0.1, -0.05) is 0 Å². The van der Waals surface area contributed by atoms with E-state index < -0.39 is 0 Å². The molecule has 0 aliphatic carbocycles. The summed E-state index contributed by atoms with van der Waals surface area (Å²) in [5.41, 5.74) is 8.94. The van der Waals surface area contributed by atoms with Gasteiger partial charge in [-0.25, -0.2) is 0 Å². The van der Waals surface area contributed by atoms with Crippen LogP contribution in [0.5, 0.6) is 0 Å². The normalized spacial score (nSPS) is 4.80. The van der Waals surface area contributed by atoms with Crippen LogP contribution < -0.4 is 11.5 Å². The lowest BCUT2D eigenvalue weighted by molar-refractivity contribution is 0.824. The van der Waals surface area contributed by atoms with Gasteiger partial charge >= 0.3 is 0 Å². The van der Waals surface area contributed by atoms with E-state index in [9.17, 15) is 0 Å². The van der Waals surface area contributed by atoms with Crippen molar-refractivity contribution in [3.63, 3.8) is 0 Å². The van der Waals surface area contributed by atoms with Crippen LogP contribution in [0, 0.1) is 5.41 Å². The largest absolute Gasteiger partial charge is 0.412 e. The Morgan fingerprint density at radius 3 is 1.40 bits per heavy atom. The summed E-state index contributed by atoms with van der Waals surface area (Å²) >= 11 is 0. The number of hydrogen-bond donors (Lipinski definition) is 3. The number of rotatable bonds is 0. The molecule has 0 fully saturated rings. The maximum Gasteiger partial charge on any atom is 0.183 e. The average Bonchev–Trinajstić information content (AvgIpc) is 0.811. The van der Waals surface area contributed by atoms with E-state index in [0.29, 0.717) is 0 Å². The second-order valence-electron chi connectivity index (χ2n) is 0.455. The molecular weight excluding hydrogens is 70.0 g/mol. The molecule has 0 aromatic heterocycles. The zero-order chi connectivity index (χ0) is 3.58. The van der Waals surface area contributed by atoms with Gasteiger partial charge in [0.15, 0.2) is 5.96 Å². The number of nitrogens with one attached hydrogen (secondary N) is 1. The van der Waals surface area contributed by atoms with Gasteiger partial charge in [0, 0.05) is 0 Å². The lowest BCUT2D eigenvalue weighted by Crippen LogP contribution is -2.20. The smallest absolute Gasteiger partial charge is 0.183 e. The van der Waals surface area contributed by atoms with Crippen molar-refractivity contribution in [1.82, 2.24) is 0 Å². The number of hydrogen-bond acceptors (Lipinski definition) is 1. The summed E-state index contributed by atoms with van der Waals surface area (Å²) in [6, 6.07) is 0. The van der Waals surface area contributed by atoms with Crippen LogP contribution in [0.2, 0.25) is 0 Å². The molecule has 0 aromatic rings. The number of guanidine groups is 1. The van der Waals surface area contributed by atoms with Crippen molar-refractivity contribution in [3.8, 4) is 0 Å². The van der Waals surface area contributed by atoms with Crippen LogP contribution >= 0.6 is 0 Å². The summed E-state index contributed by atoms with van der Waals surface area (Å²) in [6.45, 7) is 0. The summed E-state index contributed by atoms with van der Waals surface area (Å²) in [6.07, 6.45) is 0. The molecule has 0 aromatic carbocycles. The Balaban J connectivity index is 0. The summed E-state index contributed by atoms with van der Waals surface area (Å²) in [4.78, 5) is 0. The third-order valence-corrected chi connectivity index (χ3v) is 0. The molecule has 0 atom stereocenters. The topological polar surface area (TPSA) is 107 Å². The Hall–Kier alpha value is -0.770. The second-order valence-corrected chi connectivity index (χ2v) is 0.455. The Bertz CT molecular complexity index is 29.9. The molecule has 4 nitrogen and oxygen atoms in total. The van der Waals surface area contributed by atoms with Crippen LogP contribution in [0.4, 0.5) is 0 Å². The molecule has 0 amide bonds. The van der Waals surface area contributed by atoms with E-state index in [-0.39, 0.29) is 11.4 Å². The van der Waals surface area contributed by atoms with E-state index in [1.54, 1.807) is 0 Å². The Morgan fingerprint density at radius 1 is 1.40 bits per heavy atom. The summed E-state index contributed by atoms with van der Waals surface area (Å²) < 4.78 is 0. The molecular formula is CH7N3O. The van der Waals surface area contributed by atoms with Crippen molar-refractivity contribution in [3.05, 3.63) is 0 Å². The minimum atomic E-state index is -0.333. The third-order valence-electron chi connectivity index (χ3n) is 0. The molecule has 0 aliphatic heterocycles. The van der Waals surface area contributed by atoms with E-state index in [1.807, 2.05) is 0 Å². The van der Waals surface area contributed by atoms with Gasteiger partial charge in [-0.3, -0.25) is 5.41 Å². The molecule has 0 aliphatic rings. The molecule has 0 saturated heterocycles. The van der Waals surface area contributed by atoms with Gasteiger partial charge in [0.1, 0.15) is 0 Å². The monoisotopic (exact) mass is 77.1 g/mol. The standard InChI is InChI=1S/CH5N3.H2O/c2-1(3)4;/h(H5,2,3,4);1H2. The predicted molar refractivity (Wildman–Crippen MR) is 19.7 cm³/mol. The lowest BCUT2D eigenvalue weighted by atomic mass is 11.1. The minimum Gasteiger partial charge on any atom is -0.412 e. The molecule has 0 unspecified atom stereocenters. The molecule has 0 bridgehead atoms. The second kappa shape index (κ2) is 3.23. The maximum absolute atomic E-state index is 6.06. The maximum atomic E-state index is 6.06. The summed E-state index contributed by atoms with van der Waals surface area (Å²) in [5.74, 6) is -0.333. The van der Waals surface area contributed by atoms with Gasteiger partial charge in [-0.05, 0) is 0 Å². The van der Waals surface area contributed by atoms with Crippen LogP contribution in [0.1, 0.15) is 0 Å².